The summed E-state index contributed by atoms with van der Waals surface area (Å²) < 4.78 is 0. The first-order valence-electron chi connectivity index (χ1n) is 4.74. The Labute approximate surface area is 82.0 Å². The van der Waals surface area contributed by atoms with Gasteiger partial charge < -0.3 is 5.73 Å². The molecule has 14 heavy (non-hydrogen) atoms. The van der Waals surface area contributed by atoms with Crippen molar-refractivity contribution in [1.82, 2.24) is 5.32 Å². The molecule has 1 unspecified atom stereocenters. The number of amides is 1. The molecule has 1 fully saturated rings. The van der Waals surface area contributed by atoms with Crippen LogP contribution in [0.15, 0.2) is 4.99 Å². The van der Waals surface area contributed by atoms with Crippen molar-refractivity contribution in [2.75, 3.05) is 0 Å². The lowest BCUT2D eigenvalue weighted by Gasteiger charge is -2.32. The van der Waals surface area contributed by atoms with Crippen molar-refractivity contribution >= 4 is 11.9 Å². The van der Waals surface area contributed by atoms with Crippen LogP contribution in [-0.4, -0.2) is 17.4 Å². The molecule has 0 bridgehead atoms. The van der Waals surface area contributed by atoms with Crippen LogP contribution in [-0.2, 0) is 4.79 Å². The highest BCUT2D eigenvalue weighted by molar-refractivity contribution is 6.01. The Kier molecular flexibility index (Phi) is 1.92. The summed E-state index contributed by atoms with van der Waals surface area (Å²) in [5, 5.41) is 11.4. The van der Waals surface area contributed by atoms with Crippen LogP contribution >= 0.6 is 0 Å². The molecule has 3 N–H and O–H groups in total. The predicted octanol–water partition coefficient (Wildman–Crippen LogP) is -0.117. The van der Waals surface area contributed by atoms with Crippen molar-refractivity contribution in [3.05, 3.63) is 0 Å². The Hall–Kier alpha value is -1.57. The lowest BCUT2D eigenvalue weighted by molar-refractivity contribution is -0.124. The smallest absolute Gasteiger partial charge is 0.246 e. The monoisotopic (exact) mass is 192 g/mol. The lowest BCUT2D eigenvalue weighted by atomic mass is 9.82. The minimum atomic E-state index is -0.669. The highest BCUT2D eigenvalue weighted by atomic mass is 16.2. The number of hydrogen-bond acceptors (Lipinski definition) is 4. The molecule has 0 aromatic carbocycles. The van der Waals surface area contributed by atoms with Gasteiger partial charge in [-0.3, -0.25) is 10.1 Å². The topological polar surface area (TPSA) is 91.3 Å². The predicted molar refractivity (Wildman–Crippen MR) is 50.1 cm³/mol. The van der Waals surface area contributed by atoms with E-state index in [9.17, 15) is 4.79 Å². The van der Waals surface area contributed by atoms with E-state index in [1.54, 1.807) is 0 Å². The molecule has 1 spiro atoms. The standard InChI is InChI=1S/C9H12N4O/c10-5-6-7(14)12-8(11)13-9(6)3-1-2-4-9/h6H,1-4H2,(H3,11,12,13,14). The maximum Gasteiger partial charge on any atom is 0.246 e. The molecule has 0 aromatic heterocycles. The third kappa shape index (κ3) is 1.15. The van der Waals surface area contributed by atoms with Crippen LogP contribution < -0.4 is 11.1 Å². The lowest BCUT2D eigenvalue weighted by Crippen LogP contribution is -2.54. The summed E-state index contributed by atoms with van der Waals surface area (Å²) in [7, 11) is 0. The third-order valence-electron chi connectivity index (χ3n) is 2.99. The van der Waals surface area contributed by atoms with E-state index in [1.165, 1.54) is 0 Å². The zero-order chi connectivity index (χ0) is 10.2. The van der Waals surface area contributed by atoms with Crippen molar-refractivity contribution in [2.45, 2.75) is 31.2 Å². The second kappa shape index (κ2) is 2.98. The minimum absolute atomic E-state index is 0.156. The summed E-state index contributed by atoms with van der Waals surface area (Å²) in [5.74, 6) is -0.817. The van der Waals surface area contributed by atoms with Gasteiger partial charge >= 0.3 is 0 Å². The van der Waals surface area contributed by atoms with Crippen LogP contribution in [0.5, 0.6) is 0 Å². The molecular formula is C9H12N4O. The van der Waals surface area contributed by atoms with Gasteiger partial charge in [0, 0.05) is 0 Å². The first-order valence-corrected chi connectivity index (χ1v) is 4.74. The van der Waals surface area contributed by atoms with Gasteiger partial charge in [-0.15, -0.1) is 0 Å². The molecule has 2 rings (SSSR count). The number of rotatable bonds is 0. The number of guanidine groups is 1. The van der Waals surface area contributed by atoms with Gasteiger partial charge in [0.25, 0.3) is 0 Å². The van der Waals surface area contributed by atoms with Crippen molar-refractivity contribution in [3.63, 3.8) is 0 Å². The van der Waals surface area contributed by atoms with E-state index in [-0.39, 0.29) is 11.9 Å². The van der Waals surface area contributed by atoms with Gasteiger partial charge in [-0.1, -0.05) is 12.8 Å². The Morgan fingerprint density at radius 1 is 1.57 bits per heavy atom. The Bertz CT molecular complexity index is 335. The number of hydrogen-bond donors (Lipinski definition) is 2. The molecule has 1 saturated carbocycles. The molecule has 1 aliphatic carbocycles. The highest BCUT2D eigenvalue weighted by Gasteiger charge is 2.48. The van der Waals surface area contributed by atoms with E-state index in [1.807, 2.05) is 6.07 Å². The third-order valence-corrected chi connectivity index (χ3v) is 2.99. The maximum absolute atomic E-state index is 11.5. The summed E-state index contributed by atoms with van der Waals surface area (Å²) in [6, 6.07) is 2.03. The molecule has 0 radical (unpaired) electrons. The zero-order valence-electron chi connectivity index (χ0n) is 7.79. The second-order valence-corrected chi connectivity index (χ2v) is 3.86. The number of carbonyl (C=O) groups is 1. The van der Waals surface area contributed by atoms with Crippen LogP contribution in [0.25, 0.3) is 0 Å². The molecule has 0 saturated heterocycles. The first-order chi connectivity index (χ1) is 6.68. The number of nitrogens with two attached hydrogens (primary N) is 1. The van der Waals surface area contributed by atoms with Crippen LogP contribution in [0.3, 0.4) is 0 Å². The van der Waals surface area contributed by atoms with Gasteiger partial charge in [-0.25, -0.2) is 4.99 Å². The van der Waals surface area contributed by atoms with Gasteiger partial charge in [-0.05, 0) is 12.8 Å². The molecular weight excluding hydrogens is 180 g/mol. The fourth-order valence-corrected chi connectivity index (χ4v) is 2.34. The van der Waals surface area contributed by atoms with Crippen LogP contribution in [0, 0.1) is 17.2 Å². The molecule has 74 valence electrons. The molecule has 1 amide bonds. The average molecular weight is 192 g/mol. The van der Waals surface area contributed by atoms with E-state index in [4.69, 9.17) is 11.0 Å². The van der Waals surface area contributed by atoms with Crippen LogP contribution in [0.4, 0.5) is 0 Å². The number of nitriles is 1. The molecule has 1 aliphatic heterocycles. The van der Waals surface area contributed by atoms with Gasteiger partial charge in [0.05, 0.1) is 11.6 Å². The first kappa shape index (κ1) is 9.00. The van der Waals surface area contributed by atoms with Crippen molar-refractivity contribution in [1.29, 1.82) is 5.26 Å². The van der Waals surface area contributed by atoms with E-state index in [2.05, 4.69) is 10.3 Å². The van der Waals surface area contributed by atoms with E-state index in [0.717, 1.165) is 25.7 Å². The van der Waals surface area contributed by atoms with Crippen molar-refractivity contribution in [3.8, 4) is 6.07 Å². The van der Waals surface area contributed by atoms with E-state index in [0.29, 0.717) is 0 Å². The van der Waals surface area contributed by atoms with Gasteiger partial charge in [0.2, 0.25) is 5.91 Å². The molecule has 5 nitrogen and oxygen atoms in total. The maximum atomic E-state index is 11.5. The summed E-state index contributed by atoms with van der Waals surface area (Å²) >= 11 is 0. The Morgan fingerprint density at radius 3 is 2.79 bits per heavy atom. The van der Waals surface area contributed by atoms with Gasteiger partial charge in [0.15, 0.2) is 11.9 Å². The molecule has 2 aliphatic rings. The highest BCUT2D eigenvalue weighted by Crippen LogP contribution is 2.40. The summed E-state index contributed by atoms with van der Waals surface area (Å²) in [6.45, 7) is 0. The number of carbonyl (C=O) groups excluding carboxylic acids is 1. The number of nitrogens with zero attached hydrogens (tertiary/aromatic N) is 2. The summed E-state index contributed by atoms with van der Waals surface area (Å²) in [5.41, 5.74) is 4.98. The fourth-order valence-electron chi connectivity index (χ4n) is 2.34. The fraction of sp³-hybridized carbons (Fsp3) is 0.667. The average Bonchev–Trinajstić information content (AvgIpc) is 2.53. The number of aliphatic imine (C=N–C) groups is 1. The minimum Gasteiger partial charge on any atom is -0.370 e. The summed E-state index contributed by atoms with van der Waals surface area (Å²) in [4.78, 5) is 15.8. The largest absolute Gasteiger partial charge is 0.370 e. The van der Waals surface area contributed by atoms with E-state index < -0.39 is 11.5 Å². The summed E-state index contributed by atoms with van der Waals surface area (Å²) in [6.07, 6.45) is 3.61. The van der Waals surface area contributed by atoms with Gasteiger partial charge in [-0.2, -0.15) is 5.26 Å². The van der Waals surface area contributed by atoms with Gasteiger partial charge in [0.1, 0.15) is 0 Å². The molecule has 0 aromatic rings. The quantitative estimate of drug-likeness (QED) is 0.560. The number of nitrogens with one attached hydrogen (secondary N) is 1. The molecule has 1 heterocycles. The van der Waals surface area contributed by atoms with Crippen LogP contribution in [0.2, 0.25) is 0 Å². The zero-order valence-corrected chi connectivity index (χ0v) is 7.79. The molecule has 5 heteroatoms. The molecule has 1 atom stereocenters. The van der Waals surface area contributed by atoms with Crippen LogP contribution in [0.1, 0.15) is 25.7 Å². The Balaban J connectivity index is 2.40. The second-order valence-electron chi connectivity index (χ2n) is 3.86. The van der Waals surface area contributed by atoms with Crippen molar-refractivity contribution < 1.29 is 4.79 Å². The van der Waals surface area contributed by atoms with Crippen molar-refractivity contribution in [2.24, 2.45) is 16.6 Å². The Morgan fingerprint density at radius 2 is 2.21 bits per heavy atom. The van der Waals surface area contributed by atoms with E-state index >= 15 is 0 Å². The normalized spacial score (nSPS) is 29.5. The SMILES string of the molecule is N#CC1C(=O)NC(N)=NC12CCCC2.